The zero-order valence-corrected chi connectivity index (χ0v) is 12.1. The molecule has 0 unspecified atom stereocenters. The zero-order valence-electron chi connectivity index (χ0n) is 9.65. The van der Waals surface area contributed by atoms with Gasteiger partial charge in [-0.2, -0.15) is 0 Å². The molecule has 0 radical (unpaired) electrons. The van der Waals surface area contributed by atoms with E-state index in [0.717, 1.165) is 10.0 Å². The first kappa shape index (κ1) is 14.5. The van der Waals surface area contributed by atoms with Crippen molar-refractivity contribution in [2.24, 2.45) is 0 Å². The molecule has 0 aliphatic carbocycles. The van der Waals surface area contributed by atoms with E-state index in [2.05, 4.69) is 15.9 Å². The van der Waals surface area contributed by atoms with Gasteiger partial charge >= 0.3 is 0 Å². The molecule has 96 valence electrons. The van der Waals surface area contributed by atoms with E-state index in [1.807, 2.05) is 0 Å². The lowest BCUT2D eigenvalue weighted by atomic mass is 10.2. The van der Waals surface area contributed by atoms with Crippen molar-refractivity contribution in [3.05, 3.63) is 28.2 Å². The van der Waals surface area contributed by atoms with Crippen molar-refractivity contribution in [1.82, 2.24) is 0 Å². The minimum absolute atomic E-state index is 0.0254. The summed E-state index contributed by atoms with van der Waals surface area (Å²) in [7, 11) is -1.53. The van der Waals surface area contributed by atoms with Gasteiger partial charge in [0.05, 0.1) is 11.5 Å². The third kappa shape index (κ3) is 5.06. The van der Waals surface area contributed by atoms with Crippen LogP contribution in [0.4, 0.5) is 5.69 Å². The molecule has 2 N–H and O–H groups in total. The lowest BCUT2D eigenvalue weighted by Gasteiger charge is -2.07. The van der Waals surface area contributed by atoms with Crippen LogP contribution in [0.1, 0.15) is 12.0 Å². The molecule has 0 atom stereocenters. The molecule has 0 amide bonds. The number of rotatable bonds is 6. The Kier molecular flexibility index (Phi) is 5.42. The summed E-state index contributed by atoms with van der Waals surface area (Å²) < 4.78 is 29.2. The van der Waals surface area contributed by atoms with Gasteiger partial charge in [-0.25, -0.2) is 8.42 Å². The maximum absolute atomic E-state index is 11.8. The number of nitrogens with two attached hydrogens (primary N) is 1. The van der Waals surface area contributed by atoms with Crippen LogP contribution in [0, 0.1) is 0 Å². The van der Waals surface area contributed by atoms with Crippen molar-refractivity contribution in [3.63, 3.8) is 0 Å². The number of benzene rings is 1. The van der Waals surface area contributed by atoms with E-state index >= 15 is 0 Å². The fraction of sp³-hybridized carbons (Fsp3) is 0.455. The first-order valence-electron chi connectivity index (χ1n) is 5.18. The predicted octanol–water partition coefficient (Wildman–Crippen LogP) is 1.98. The highest BCUT2D eigenvalue weighted by atomic mass is 79.9. The van der Waals surface area contributed by atoms with Gasteiger partial charge in [0.25, 0.3) is 0 Å². The third-order valence-corrected chi connectivity index (χ3v) is 4.66. The average molecular weight is 322 g/mol. The Bertz CT molecular complexity index is 474. The van der Waals surface area contributed by atoms with E-state index in [1.165, 1.54) is 0 Å². The molecule has 1 rings (SSSR count). The highest BCUT2D eigenvalue weighted by Gasteiger charge is 2.13. The van der Waals surface area contributed by atoms with E-state index in [4.69, 9.17) is 10.5 Å². The average Bonchev–Trinajstić information content (AvgIpc) is 2.22. The van der Waals surface area contributed by atoms with Gasteiger partial charge in [0, 0.05) is 23.9 Å². The highest BCUT2D eigenvalue weighted by Crippen LogP contribution is 2.22. The fourth-order valence-corrected chi connectivity index (χ4v) is 3.56. The highest BCUT2D eigenvalue weighted by molar-refractivity contribution is 9.10. The molecule has 6 heteroatoms. The number of nitrogen functional groups attached to an aromatic ring is 1. The molecule has 4 nitrogen and oxygen atoms in total. The summed E-state index contributed by atoms with van der Waals surface area (Å²) in [4.78, 5) is 0. The standard InChI is InChI=1S/C11H16BrNO3S/c1-16-5-2-6-17(14,15)8-9-3-4-10(13)7-11(9)12/h3-4,7H,2,5-6,8,13H2,1H3. The van der Waals surface area contributed by atoms with Crippen molar-refractivity contribution < 1.29 is 13.2 Å². The zero-order chi connectivity index (χ0) is 12.9. The summed E-state index contributed by atoms with van der Waals surface area (Å²) in [6.45, 7) is 0.460. The van der Waals surface area contributed by atoms with Crippen LogP contribution in [0.2, 0.25) is 0 Å². The molecular formula is C11H16BrNO3S. The maximum atomic E-state index is 11.8. The number of methoxy groups -OCH3 is 1. The molecule has 0 fully saturated rings. The van der Waals surface area contributed by atoms with E-state index in [0.29, 0.717) is 18.7 Å². The van der Waals surface area contributed by atoms with Crippen LogP contribution in [0.5, 0.6) is 0 Å². The second kappa shape index (κ2) is 6.37. The Morgan fingerprint density at radius 2 is 2.12 bits per heavy atom. The minimum atomic E-state index is -3.09. The van der Waals surface area contributed by atoms with Gasteiger partial charge in [0.2, 0.25) is 0 Å². The van der Waals surface area contributed by atoms with Crippen molar-refractivity contribution in [1.29, 1.82) is 0 Å². The van der Waals surface area contributed by atoms with Crippen LogP contribution >= 0.6 is 15.9 Å². The Hall–Kier alpha value is -0.590. The van der Waals surface area contributed by atoms with Gasteiger partial charge in [-0.1, -0.05) is 22.0 Å². The molecule has 1 aromatic rings. The molecule has 0 aromatic heterocycles. The van der Waals surface area contributed by atoms with Crippen molar-refractivity contribution in [3.8, 4) is 0 Å². The number of sulfone groups is 1. The number of hydrogen-bond donors (Lipinski definition) is 1. The lowest BCUT2D eigenvalue weighted by Crippen LogP contribution is -2.11. The van der Waals surface area contributed by atoms with E-state index < -0.39 is 9.84 Å². The molecule has 1 aromatic carbocycles. The lowest BCUT2D eigenvalue weighted by molar-refractivity contribution is 0.199. The molecule has 0 saturated carbocycles. The summed E-state index contributed by atoms with van der Waals surface area (Å²) in [5, 5.41) is 0. The largest absolute Gasteiger partial charge is 0.399 e. The molecule has 17 heavy (non-hydrogen) atoms. The molecule has 0 bridgehead atoms. The van der Waals surface area contributed by atoms with Gasteiger partial charge in [0.15, 0.2) is 9.84 Å². The second-order valence-electron chi connectivity index (χ2n) is 3.79. The SMILES string of the molecule is COCCCS(=O)(=O)Cc1ccc(N)cc1Br. The first-order valence-corrected chi connectivity index (χ1v) is 7.79. The Balaban J connectivity index is 2.69. The summed E-state index contributed by atoms with van der Waals surface area (Å²) >= 11 is 3.31. The Morgan fingerprint density at radius 3 is 2.71 bits per heavy atom. The van der Waals surface area contributed by atoms with Crippen molar-refractivity contribution >= 4 is 31.5 Å². The summed E-state index contributed by atoms with van der Waals surface area (Å²) in [5.41, 5.74) is 6.94. The van der Waals surface area contributed by atoms with E-state index in [-0.39, 0.29) is 11.5 Å². The molecular weight excluding hydrogens is 306 g/mol. The molecule has 0 heterocycles. The molecule has 0 aliphatic heterocycles. The number of halogens is 1. The number of anilines is 1. The summed E-state index contributed by atoms with van der Waals surface area (Å²) in [5.74, 6) is 0.162. The molecule has 0 saturated heterocycles. The maximum Gasteiger partial charge on any atom is 0.154 e. The normalized spacial score (nSPS) is 11.6. The predicted molar refractivity (Wildman–Crippen MR) is 72.5 cm³/mol. The smallest absolute Gasteiger partial charge is 0.154 e. The van der Waals surface area contributed by atoms with Crippen molar-refractivity contribution in [2.75, 3.05) is 25.2 Å². The van der Waals surface area contributed by atoms with Crippen LogP contribution in [0.15, 0.2) is 22.7 Å². The second-order valence-corrected chi connectivity index (χ2v) is 6.83. The summed E-state index contributed by atoms with van der Waals surface area (Å²) in [6.07, 6.45) is 0.519. The van der Waals surface area contributed by atoms with Gasteiger partial charge < -0.3 is 10.5 Å². The quantitative estimate of drug-likeness (QED) is 0.642. The Labute approximate surface area is 110 Å². The number of hydrogen-bond acceptors (Lipinski definition) is 4. The van der Waals surface area contributed by atoms with E-state index in [1.54, 1.807) is 25.3 Å². The van der Waals surface area contributed by atoms with Gasteiger partial charge in [0.1, 0.15) is 0 Å². The fourth-order valence-electron chi connectivity index (χ4n) is 1.41. The first-order chi connectivity index (χ1) is 7.94. The molecule has 0 aliphatic rings. The van der Waals surface area contributed by atoms with Crippen LogP contribution < -0.4 is 5.73 Å². The van der Waals surface area contributed by atoms with Crippen LogP contribution in [0.25, 0.3) is 0 Å². The Morgan fingerprint density at radius 1 is 1.41 bits per heavy atom. The number of ether oxygens (including phenoxy) is 1. The van der Waals surface area contributed by atoms with Crippen LogP contribution in [-0.2, 0) is 20.3 Å². The molecule has 0 spiro atoms. The topological polar surface area (TPSA) is 69.4 Å². The van der Waals surface area contributed by atoms with Crippen LogP contribution in [-0.4, -0.2) is 27.9 Å². The minimum Gasteiger partial charge on any atom is -0.399 e. The van der Waals surface area contributed by atoms with E-state index in [9.17, 15) is 8.42 Å². The van der Waals surface area contributed by atoms with Gasteiger partial charge in [-0.05, 0) is 24.1 Å². The van der Waals surface area contributed by atoms with Crippen molar-refractivity contribution in [2.45, 2.75) is 12.2 Å². The monoisotopic (exact) mass is 321 g/mol. The third-order valence-electron chi connectivity index (χ3n) is 2.26. The van der Waals surface area contributed by atoms with Gasteiger partial charge in [-0.15, -0.1) is 0 Å². The van der Waals surface area contributed by atoms with Crippen LogP contribution in [0.3, 0.4) is 0 Å². The summed E-state index contributed by atoms with van der Waals surface area (Å²) in [6, 6.07) is 5.14. The van der Waals surface area contributed by atoms with Gasteiger partial charge in [-0.3, -0.25) is 0 Å².